The first-order valence-corrected chi connectivity index (χ1v) is 7.26. The molecule has 1 saturated carbocycles. The molecule has 1 N–H and O–H groups in total. The van der Waals surface area contributed by atoms with Gasteiger partial charge in [-0.15, -0.1) is 6.58 Å². The first-order valence-electron chi connectivity index (χ1n) is 6.88. The number of aromatic nitrogens is 1. The van der Waals surface area contributed by atoms with Crippen molar-refractivity contribution in [3.63, 3.8) is 0 Å². The summed E-state index contributed by atoms with van der Waals surface area (Å²) in [5, 5.41) is 4.19. The number of rotatable bonds is 7. The Bertz CT molecular complexity index is 441. The quantitative estimate of drug-likeness (QED) is 0.776. The number of nitrogens with zero attached hydrogens (tertiary/aromatic N) is 2. The summed E-state index contributed by atoms with van der Waals surface area (Å²) < 4.78 is 0. The van der Waals surface area contributed by atoms with Crippen LogP contribution in [0.5, 0.6) is 0 Å². The van der Waals surface area contributed by atoms with Gasteiger partial charge >= 0.3 is 0 Å². The Balaban J connectivity index is 2.14. The molecule has 0 aliphatic heterocycles. The van der Waals surface area contributed by atoms with Crippen molar-refractivity contribution < 1.29 is 0 Å². The highest BCUT2D eigenvalue weighted by molar-refractivity contribution is 6.31. The molecule has 19 heavy (non-hydrogen) atoms. The van der Waals surface area contributed by atoms with E-state index < -0.39 is 0 Å². The Morgan fingerprint density at radius 3 is 2.84 bits per heavy atom. The third-order valence-corrected chi connectivity index (χ3v) is 3.63. The number of hydrogen-bond donors (Lipinski definition) is 1. The molecule has 0 radical (unpaired) electrons. The number of nitrogens with one attached hydrogen (secondary N) is 1. The van der Waals surface area contributed by atoms with Gasteiger partial charge in [0.1, 0.15) is 5.82 Å². The van der Waals surface area contributed by atoms with Crippen LogP contribution in [0.3, 0.4) is 0 Å². The zero-order valence-corrected chi connectivity index (χ0v) is 12.5. The van der Waals surface area contributed by atoms with E-state index in [-0.39, 0.29) is 0 Å². The normalized spacial score (nSPS) is 14.7. The summed E-state index contributed by atoms with van der Waals surface area (Å²) in [6.45, 7) is 9.66. The van der Waals surface area contributed by atoms with Crippen LogP contribution in [0.15, 0.2) is 24.8 Å². The lowest BCUT2D eigenvalue weighted by molar-refractivity contribution is 0.666. The van der Waals surface area contributed by atoms with Crippen LogP contribution >= 0.6 is 11.6 Å². The summed E-state index contributed by atoms with van der Waals surface area (Å²) >= 11 is 6.22. The number of anilines is 1. The smallest absolute Gasteiger partial charge is 0.129 e. The molecule has 0 spiro atoms. The van der Waals surface area contributed by atoms with E-state index in [2.05, 4.69) is 30.6 Å². The number of halogens is 1. The maximum absolute atomic E-state index is 6.22. The van der Waals surface area contributed by atoms with E-state index in [1.54, 1.807) is 0 Å². The zero-order chi connectivity index (χ0) is 13.8. The molecule has 3 nitrogen and oxygen atoms in total. The molecule has 1 fully saturated rings. The van der Waals surface area contributed by atoms with Crippen LogP contribution < -0.4 is 10.2 Å². The van der Waals surface area contributed by atoms with Gasteiger partial charge in [0.2, 0.25) is 0 Å². The Kier molecular flexibility index (Phi) is 4.83. The van der Waals surface area contributed by atoms with Crippen LogP contribution in [-0.2, 0) is 6.54 Å². The minimum Gasteiger partial charge on any atom is -0.350 e. The largest absolute Gasteiger partial charge is 0.350 e. The molecule has 1 aromatic rings. The van der Waals surface area contributed by atoms with Crippen LogP contribution in [0.1, 0.15) is 32.4 Å². The minimum atomic E-state index is 0.385. The van der Waals surface area contributed by atoms with Gasteiger partial charge in [-0.05, 0) is 38.8 Å². The Morgan fingerprint density at radius 1 is 1.53 bits per heavy atom. The highest BCUT2D eigenvalue weighted by Gasteiger charge is 2.21. The van der Waals surface area contributed by atoms with E-state index in [0.717, 1.165) is 29.6 Å². The third-order valence-electron chi connectivity index (χ3n) is 3.28. The monoisotopic (exact) mass is 279 g/mol. The summed E-state index contributed by atoms with van der Waals surface area (Å²) in [6, 6.07) is 4.96. The van der Waals surface area contributed by atoms with E-state index in [4.69, 9.17) is 16.6 Å². The molecule has 4 heteroatoms. The van der Waals surface area contributed by atoms with Crippen molar-refractivity contribution in [3.8, 4) is 0 Å². The van der Waals surface area contributed by atoms with Crippen molar-refractivity contribution in [2.75, 3.05) is 11.4 Å². The van der Waals surface area contributed by atoms with E-state index in [1.807, 2.05) is 18.2 Å². The molecular formula is C15H22ClN3. The molecule has 1 aromatic heterocycles. The van der Waals surface area contributed by atoms with Crippen LogP contribution in [0.4, 0.5) is 5.82 Å². The lowest BCUT2D eigenvalue weighted by Crippen LogP contribution is -2.32. The van der Waals surface area contributed by atoms with Gasteiger partial charge in [-0.2, -0.15) is 0 Å². The van der Waals surface area contributed by atoms with Crippen molar-refractivity contribution in [1.29, 1.82) is 0 Å². The number of pyridine rings is 1. The second-order valence-corrected chi connectivity index (χ2v) is 5.70. The average Bonchev–Trinajstić information content (AvgIpc) is 3.19. The van der Waals surface area contributed by atoms with Gasteiger partial charge in [-0.3, -0.25) is 0 Å². The van der Waals surface area contributed by atoms with Crippen molar-refractivity contribution in [2.45, 2.75) is 45.3 Å². The van der Waals surface area contributed by atoms with Crippen molar-refractivity contribution in [2.24, 2.45) is 0 Å². The third kappa shape index (κ3) is 3.95. The summed E-state index contributed by atoms with van der Waals surface area (Å²) in [7, 11) is 0. The molecule has 0 atom stereocenters. The Hall–Kier alpha value is -1.06. The van der Waals surface area contributed by atoms with Crippen LogP contribution in [-0.4, -0.2) is 23.6 Å². The highest BCUT2D eigenvalue weighted by atomic mass is 35.5. The SMILES string of the molecule is C=CCN(c1ccc(Cl)c(CNC2CC2)n1)C(C)C. The lowest BCUT2D eigenvalue weighted by atomic mass is 10.2. The fourth-order valence-electron chi connectivity index (χ4n) is 1.99. The van der Waals surface area contributed by atoms with Gasteiger partial charge in [0.25, 0.3) is 0 Å². The molecular weight excluding hydrogens is 258 g/mol. The van der Waals surface area contributed by atoms with Gasteiger partial charge in [0.05, 0.1) is 10.7 Å². The zero-order valence-electron chi connectivity index (χ0n) is 11.7. The molecule has 1 aliphatic rings. The summed E-state index contributed by atoms with van der Waals surface area (Å²) in [6.07, 6.45) is 4.44. The van der Waals surface area contributed by atoms with Gasteiger partial charge in [-0.25, -0.2) is 4.98 Å². The summed E-state index contributed by atoms with van der Waals surface area (Å²) in [4.78, 5) is 6.91. The second-order valence-electron chi connectivity index (χ2n) is 5.29. The second kappa shape index (κ2) is 6.40. The van der Waals surface area contributed by atoms with Crippen LogP contribution in [0, 0.1) is 0 Å². The molecule has 0 aromatic carbocycles. The van der Waals surface area contributed by atoms with Crippen molar-refractivity contribution in [3.05, 3.63) is 35.5 Å². The van der Waals surface area contributed by atoms with E-state index >= 15 is 0 Å². The predicted octanol–water partition coefficient (Wildman–Crippen LogP) is 3.39. The molecule has 1 aliphatic carbocycles. The molecule has 0 unspecified atom stereocenters. The molecule has 0 saturated heterocycles. The lowest BCUT2D eigenvalue weighted by Gasteiger charge is -2.27. The summed E-state index contributed by atoms with van der Waals surface area (Å²) in [5.74, 6) is 0.965. The molecule has 1 heterocycles. The first kappa shape index (κ1) is 14.4. The molecule has 0 amide bonds. The fourth-order valence-corrected chi connectivity index (χ4v) is 2.17. The van der Waals surface area contributed by atoms with Crippen molar-refractivity contribution in [1.82, 2.24) is 10.3 Å². The molecule has 104 valence electrons. The standard InChI is InChI=1S/C15H22ClN3/c1-4-9-19(11(2)3)15-8-7-13(16)14(18-15)10-17-12-5-6-12/h4,7-8,11-12,17H,1,5-6,9-10H2,2-3H3. The maximum Gasteiger partial charge on any atom is 0.129 e. The molecule has 2 rings (SSSR count). The van der Waals surface area contributed by atoms with E-state index in [9.17, 15) is 0 Å². The van der Waals surface area contributed by atoms with Crippen molar-refractivity contribution >= 4 is 17.4 Å². The van der Waals surface area contributed by atoms with Crippen LogP contribution in [0.25, 0.3) is 0 Å². The maximum atomic E-state index is 6.22. The van der Waals surface area contributed by atoms with Gasteiger partial charge in [0.15, 0.2) is 0 Å². The van der Waals surface area contributed by atoms with Gasteiger partial charge < -0.3 is 10.2 Å². The number of hydrogen-bond acceptors (Lipinski definition) is 3. The van der Waals surface area contributed by atoms with E-state index in [0.29, 0.717) is 12.1 Å². The van der Waals surface area contributed by atoms with Gasteiger partial charge in [0, 0.05) is 25.2 Å². The average molecular weight is 280 g/mol. The minimum absolute atomic E-state index is 0.385. The highest BCUT2D eigenvalue weighted by Crippen LogP contribution is 2.23. The fraction of sp³-hybridized carbons (Fsp3) is 0.533. The topological polar surface area (TPSA) is 28.2 Å². The van der Waals surface area contributed by atoms with E-state index in [1.165, 1.54) is 12.8 Å². The Labute approximate surface area is 120 Å². The van der Waals surface area contributed by atoms with Gasteiger partial charge in [-0.1, -0.05) is 17.7 Å². The summed E-state index contributed by atoms with van der Waals surface area (Å²) in [5.41, 5.74) is 0.931. The first-order chi connectivity index (χ1) is 9.11. The predicted molar refractivity (Wildman–Crippen MR) is 81.8 cm³/mol. The molecule has 0 bridgehead atoms. The van der Waals surface area contributed by atoms with Crippen LogP contribution in [0.2, 0.25) is 5.02 Å². The Morgan fingerprint density at radius 2 is 2.26 bits per heavy atom.